The Labute approximate surface area is 82.7 Å². The van der Waals surface area contributed by atoms with Crippen LogP contribution in [0, 0.1) is 0 Å². The second-order valence-corrected chi connectivity index (χ2v) is 6.69. The Balaban J connectivity index is 5.52. The van der Waals surface area contributed by atoms with Gasteiger partial charge < -0.3 is 0 Å². The molecule has 0 amide bonds. The molecule has 0 bridgehead atoms. The second kappa shape index (κ2) is 3.73. The van der Waals surface area contributed by atoms with Crippen molar-refractivity contribution in [2.75, 3.05) is 0 Å². The highest BCUT2D eigenvalue weighted by Crippen LogP contribution is 2.31. The van der Waals surface area contributed by atoms with E-state index in [4.69, 9.17) is 0 Å². The minimum atomic E-state index is -5.12. The fourth-order valence-corrected chi connectivity index (χ4v) is 3.15. The third kappa shape index (κ3) is 2.41. The van der Waals surface area contributed by atoms with Crippen molar-refractivity contribution in [3.05, 3.63) is 0 Å². The lowest BCUT2D eigenvalue weighted by Crippen LogP contribution is -2.45. The lowest BCUT2D eigenvalue weighted by Gasteiger charge is -2.27. The van der Waals surface area contributed by atoms with Crippen molar-refractivity contribution in [1.82, 2.24) is 0 Å². The SMILES string of the molecule is CCC(C)(C(C)S(=O)(=O)F)S(=O)(=O)F. The lowest BCUT2D eigenvalue weighted by atomic mass is 10.1. The predicted molar refractivity (Wildman–Crippen MR) is 48.2 cm³/mol. The standard InChI is InChI=1S/C6H12F2O4S2/c1-4-6(3,14(8,11)12)5(2)13(7,9)10/h5H,4H2,1-3H3. The normalized spacial score (nSPS) is 20.1. The first-order chi connectivity index (χ1) is 5.97. The van der Waals surface area contributed by atoms with Crippen molar-refractivity contribution in [3.63, 3.8) is 0 Å². The van der Waals surface area contributed by atoms with Gasteiger partial charge >= 0.3 is 20.4 Å². The zero-order valence-corrected chi connectivity index (χ0v) is 9.62. The molecule has 0 saturated carbocycles. The van der Waals surface area contributed by atoms with E-state index in [1.165, 1.54) is 6.92 Å². The lowest BCUT2D eigenvalue weighted by molar-refractivity contribution is 0.450. The summed E-state index contributed by atoms with van der Waals surface area (Å²) in [7, 11) is -10.2. The molecule has 0 radical (unpaired) electrons. The summed E-state index contributed by atoms with van der Waals surface area (Å²) in [5.41, 5.74) is 0. The summed E-state index contributed by atoms with van der Waals surface area (Å²) >= 11 is 0. The maximum Gasteiger partial charge on any atom is 0.309 e. The minimum Gasteiger partial charge on any atom is -0.195 e. The van der Waals surface area contributed by atoms with E-state index in [0.29, 0.717) is 0 Å². The molecule has 4 nitrogen and oxygen atoms in total. The molecule has 0 rings (SSSR count). The zero-order chi connectivity index (χ0) is 11.8. The Hall–Kier alpha value is -0.240. The van der Waals surface area contributed by atoms with Crippen LogP contribution in [0.2, 0.25) is 0 Å². The summed E-state index contributed by atoms with van der Waals surface area (Å²) in [6, 6.07) is 0. The Morgan fingerprint density at radius 1 is 1.21 bits per heavy atom. The number of rotatable bonds is 4. The highest BCUT2D eigenvalue weighted by molar-refractivity contribution is 7.91. The molecule has 8 heteroatoms. The second-order valence-electron chi connectivity index (χ2n) is 3.22. The Kier molecular flexibility index (Phi) is 3.66. The molecular formula is C6H12F2O4S2. The van der Waals surface area contributed by atoms with E-state index in [1.807, 2.05) is 0 Å². The molecule has 14 heavy (non-hydrogen) atoms. The van der Waals surface area contributed by atoms with Crippen molar-refractivity contribution in [2.24, 2.45) is 0 Å². The van der Waals surface area contributed by atoms with Gasteiger partial charge in [-0.25, -0.2) is 0 Å². The molecule has 0 aliphatic carbocycles. The van der Waals surface area contributed by atoms with Crippen LogP contribution >= 0.6 is 0 Å². The smallest absolute Gasteiger partial charge is 0.195 e. The average Bonchev–Trinajstić information content (AvgIpc) is 1.97. The van der Waals surface area contributed by atoms with Crippen LogP contribution in [0.15, 0.2) is 0 Å². The largest absolute Gasteiger partial charge is 0.309 e. The van der Waals surface area contributed by atoms with Crippen LogP contribution in [0.25, 0.3) is 0 Å². The first kappa shape index (κ1) is 13.8. The van der Waals surface area contributed by atoms with Crippen molar-refractivity contribution in [3.8, 4) is 0 Å². The molecule has 0 aliphatic heterocycles. The third-order valence-corrected chi connectivity index (χ3v) is 5.81. The molecular weight excluding hydrogens is 238 g/mol. The van der Waals surface area contributed by atoms with Crippen LogP contribution in [0.1, 0.15) is 27.2 Å². The van der Waals surface area contributed by atoms with Crippen LogP contribution in [0.4, 0.5) is 7.77 Å². The van der Waals surface area contributed by atoms with E-state index in [-0.39, 0.29) is 6.42 Å². The van der Waals surface area contributed by atoms with E-state index in [1.54, 1.807) is 0 Å². The summed E-state index contributed by atoms with van der Waals surface area (Å²) in [5, 5.41) is -1.92. The Morgan fingerprint density at radius 3 is 1.64 bits per heavy atom. The molecule has 0 aliphatic rings. The van der Waals surface area contributed by atoms with Crippen molar-refractivity contribution in [2.45, 2.75) is 37.2 Å². The van der Waals surface area contributed by atoms with Crippen molar-refractivity contribution < 1.29 is 24.6 Å². The van der Waals surface area contributed by atoms with Gasteiger partial charge in [0.25, 0.3) is 0 Å². The topological polar surface area (TPSA) is 68.3 Å². The van der Waals surface area contributed by atoms with Crippen LogP contribution in [-0.4, -0.2) is 26.8 Å². The first-order valence-corrected chi connectivity index (χ1v) is 6.67. The molecule has 0 heterocycles. The van der Waals surface area contributed by atoms with E-state index in [0.717, 1.165) is 13.8 Å². The van der Waals surface area contributed by atoms with Gasteiger partial charge in [-0.2, -0.15) is 16.8 Å². The van der Waals surface area contributed by atoms with Crippen LogP contribution < -0.4 is 0 Å². The van der Waals surface area contributed by atoms with Gasteiger partial charge in [0.15, 0.2) is 0 Å². The Bertz CT molecular complexity index is 400. The molecule has 0 N–H and O–H groups in total. The highest BCUT2D eigenvalue weighted by atomic mass is 32.3. The van der Waals surface area contributed by atoms with Gasteiger partial charge in [0.2, 0.25) is 0 Å². The molecule has 2 atom stereocenters. The molecule has 86 valence electrons. The van der Waals surface area contributed by atoms with Gasteiger partial charge in [-0.15, -0.1) is 7.77 Å². The van der Waals surface area contributed by atoms with Crippen LogP contribution in [-0.2, 0) is 20.4 Å². The molecule has 0 aromatic carbocycles. The number of hydrogen-bond donors (Lipinski definition) is 0. The third-order valence-electron chi connectivity index (χ3n) is 2.54. The fourth-order valence-electron chi connectivity index (χ4n) is 0.956. The Morgan fingerprint density at radius 2 is 1.57 bits per heavy atom. The highest BCUT2D eigenvalue weighted by Gasteiger charge is 2.49. The molecule has 0 aromatic rings. The van der Waals surface area contributed by atoms with Gasteiger partial charge in [0.1, 0.15) is 10.00 Å². The average molecular weight is 250 g/mol. The molecule has 2 unspecified atom stereocenters. The van der Waals surface area contributed by atoms with Crippen molar-refractivity contribution >= 4 is 20.4 Å². The van der Waals surface area contributed by atoms with E-state index in [2.05, 4.69) is 0 Å². The summed E-state index contributed by atoms with van der Waals surface area (Å²) in [6.07, 6.45) is -0.323. The number of hydrogen-bond acceptors (Lipinski definition) is 4. The number of halogens is 2. The summed E-state index contributed by atoms with van der Waals surface area (Å²) < 4.78 is 65.4. The van der Waals surface area contributed by atoms with Crippen molar-refractivity contribution in [1.29, 1.82) is 0 Å². The van der Waals surface area contributed by atoms with Gasteiger partial charge in [0.05, 0.1) is 0 Å². The quantitative estimate of drug-likeness (QED) is 0.702. The first-order valence-electron chi connectivity index (χ1n) is 3.84. The summed E-state index contributed by atoms with van der Waals surface area (Å²) in [4.78, 5) is 0. The van der Waals surface area contributed by atoms with Crippen LogP contribution in [0.3, 0.4) is 0 Å². The summed E-state index contributed by atoms with van der Waals surface area (Å²) in [5.74, 6) is 0. The molecule has 0 fully saturated rings. The monoisotopic (exact) mass is 250 g/mol. The van der Waals surface area contributed by atoms with Gasteiger partial charge in [0, 0.05) is 0 Å². The van der Waals surface area contributed by atoms with Gasteiger partial charge in [-0.1, -0.05) is 6.92 Å². The van der Waals surface area contributed by atoms with E-state index >= 15 is 0 Å². The maximum absolute atomic E-state index is 12.8. The minimum absolute atomic E-state index is 0.323. The summed E-state index contributed by atoms with van der Waals surface area (Å²) in [6.45, 7) is 2.97. The molecule has 0 aromatic heterocycles. The van der Waals surface area contributed by atoms with Gasteiger partial charge in [-0.05, 0) is 20.3 Å². The van der Waals surface area contributed by atoms with Crippen LogP contribution in [0.5, 0.6) is 0 Å². The van der Waals surface area contributed by atoms with E-state index < -0.39 is 30.4 Å². The molecule has 0 spiro atoms. The van der Waals surface area contributed by atoms with Gasteiger partial charge in [-0.3, -0.25) is 0 Å². The fraction of sp³-hybridized carbons (Fsp3) is 1.00. The maximum atomic E-state index is 12.8. The molecule has 0 saturated heterocycles. The zero-order valence-electron chi connectivity index (χ0n) is 7.99. The predicted octanol–water partition coefficient (Wildman–Crippen LogP) is 1.14. The van der Waals surface area contributed by atoms with E-state index in [9.17, 15) is 24.6 Å².